The zero-order valence-electron chi connectivity index (χ0n) is 17.5. The number of halogens is 2. The summed E-state index contributed by atoms with van der Waals surface area (Å²) in [6, 6.07) is 9.23. The van der Waals surface area contributed by atoms with Crippen molar-refractivity contribution in [3.05, 3.63) is 52.8 Å². The van der Waals surface area contributed by atoms with E-state index in [2.05, 4.69) is 15.4 Å². The molecule has 166 valence electrons. The topological polar surface area (TPSA) is 97.2 Å². The van der Waals surface area contributed by atoms with Crippen molar-refractivity contribution < 1.29 is 18.8 Å². The second kappa shape index (κ2) is 8.66. The third kappa shape index (κ3) is 4.34. The monoisotopic (exact) mass is 457 g/mol. The summed E-state index contributed by atoms with van der Waals surface area (Å²) < 4.78 is 15.6. The van der Waals surface area contributed by atoms with Gasteiger partial charge < -0.3 is 10.2 Å². The molecule has 2 aromatic heterocycles. The van der Waals surface area contributed by atoms with Crippen molar-refractivity contribution in [1.29, 1.82) is 0 Å². The second-order valence-electron chi connectivity index (χ2n) is 7.81. The van der Waals surface area contributed by atoms with Crippen LogP contribution in [0.4, 0.5) is 10.2 Å². The number of aryl methyl sites for hydroxylation is 1. The van der Waals surface area contributed by atoms with Crippen molar-refractivity contribution in [2.75, 3.05) is 11.9 Å². The van der Waals surface area contributed by atoms with Crippen LogP contribution in [-0.4, -0.2) is 56.0 Å². The molecule has 32 heavy (non-hydrogen) atoms. The molecule has 0 radical (unpaired) electrons. The summed E-state index contributed by atoms with van der Waals surface area (Å²) in [6.07, 6.45) is -1.44. The van der Waals surface area contributed by atoms with Crippen LogP contribution in [0.15, 0.2) is 36.4 Å². The molecule has 1 saturated heterocycles. The number of alkyl halides is 1. The van der Waals surface area contributed by atoms with Gasteiger partial charge in [-0.15, -0.1) is 0 Å². The fraction of sp³-hybridized carbons (Fsp3) is 0.318. The number of hydrogen-bond donors (Lipinski definition) is 1. The number of pyridine rings is 1. The Hall–Kier alpha value is -3.33. The van der Waals surface area contributed by atoms with Crippen LogP contribution in [-0.2, 0) is 16.1 Å². The molecule has 0 saturated carbocycles. The Labute approximate surface area is 188 Å². The summed E-state index contributed by atoms with van der Waals surface area (Å²) in [5, 5.41) is 7.75. The van der Waals surface area contributed by atoms with Gasteiger partial charge in [0.2, 0.25) is 11.8 Å². The highest BCUT2D eigenvalue weighted by Crippen LogP contribution is 2.25. The standard InChI is InChI=1S/C22H21ClFN5O3/c1-12-6-7-16-15(8-12)21(13(2)30)27-29(16)11-20(31)28-10-14(24)9-17(28)22(32)26-19-5-3-4-18(23)25-19/h3-8,14,17H,9-11H2,1-2H3,(H,25,26,32)/t14-,17+/m1/s1. The van der Waals surface area contributed by atoms with Crippen LogP contribution in [0.2, 0.25) is 5.15 Å². The Morgan fingerprint density at radius 1 is 1.25 bits per heavy atom. The van der Waals surface area contributed by atoms with Gasteiger partial charge >= 0.3 is 0 Å². The van der Waals surface area contributed by atoms with Gasteiger partial charge in [0.05, 0.1) is 12.1 Å². The lowest BCUT2D eigenvalue weighted by Gasteiger charge is -2.23. The van der Waals surface area contributed by atoms with Crippen LogP contribution in [0.1, 0.15) is 29.4 Å². The molecule has 0 spiro atoms. The predicted molar refractivity (Wildman–Crippen MR) is 117 cm³/mol. The highest BCUT2D eigenvalue weighted by molar-refractivity contribution is 6.29. The third-order valence-corrected chi connectivity index (χ3v) is 5.57. The van der Waals surface area contributed by atoms with Crippen LogP contribution < -0.4 is 5.32 Å². The summed E-state index contributed by atoms with van der Waals surface area (Å²) in [7, 11) is 0. The lowest BCUT2D eigenvalue weighted by Crippen LogP contribution is -2.44. The molecule has 2 amide bonds. The fourth-order valence-corrected chi connectivity index (χ4v) is 4.05. The molecule has 0 aliphatic carbocycles. The normalized spacial score (nSPS) is 18.2. The molecule has 1 N–H and O–H groups in total. The number of carbonyl (C=O) groups excluding carboxylic acids is 3. The molecule has 0 unspecified atom stereocenters. The maximum atomic E-state index is 14.2. The third-order valence-electron chi connectivity index (χ3n) is 5.36. The van der Waals surface area contributed by atoms with E-state index in [-0.39, 0.29) is 42.0 Å². The number of carbonyl (C=O) groups is 3. The van der Waals surface area contributed by atoms with Crippen molar-refractivity contribution in [2.45, 2.75) is 39.0 Å². The Balaban J connectivity index is 1.57. The second-order valence-corrected chi connectivity index (χ2v) is 8.20. The molecule has 8 nitrogen and oxygen atoms in total. The number of fused-ring (bicyclic) bond motifs is 1. The molecule has 3 aromatic rings. The van der Waals surface area contributed by atoms with Gasteiger partial charge in [0.1, 0.15) is 35.4 Å². The van der Waals surface area contributed by atoms with Crippen LogP contribution >= 0.6 is 11.6 Å². The van der Waals surface area contributed by atoms with E-state index in [1.807, 2.05) is 19.1 Å². The highest BCUT2D eigenvalue weighted by Gasteiger charge is 2.40. The molecule has 2 atom stereocenters. The van der Waals surface area contributed by atoms with Crippen molar-refractivity contribution in [2.24, 2.45) is 0 Å². The van der Waals surface area contributed by atoms with Gasteiger partial charge in [0.15, 0.2) is 5.78 Å². The Kier molecular flexibility index (Phi) is 5.92. The number of benzene rings is 1. The SMILES string of the molecule is CC(=O)c1nn(CC(=O)N2C[C@H](F)C[C@H]2C(=O)Nc2cccc(Cl)n2)c2ccc(C)cc12. The lowest BCUT2D eigenvalue weighted by molar-refractivity contribution is -0.137. The molecule has 1 fully saturated rings. The first-order valence-electron chi connectivity index (χ1n) is 10.1. The van der Waals surface area contributed by atoms with E-state index in [1.165, 1.54) is 16.5 Å². The van der Waals surface area contributed by atoms with Crippen molar-refractivity contribution in [3.8, 4) is 0 Å². The Bertz CT molecular complexity index is 1230. The molecule has 4 rings (SSSR count). The zero-order valence-corrected chi connectivity index (χ0v) is 18.3. The van der Waals surface area contributed by atoms with Crippen molar-refractivity contribution >= 4 is 45.9 Å². The number of rotatable bonds is 5. The quantitative estimate of drug-likeness (QED) is 0.469. The van der Waals surface area contributed by atoms with Crippen LogP contribution in [0.25, 0.3) is 10.9 Å². The highest BCUT2D eigenvalue weighted by atomic mass is 35.5. The van der Waals surface area contributed by atoms with Gasteiger partial charge in [-0.1, -0.05) is 29.3 Å². The van der Waals surface area contributed by atoms with Gasteiger partial charge in [-0.05, 0) is 31.2 Å². The summed E-state index contributed by atoms with van der Waals surface area (Å²) >= 11 is 5.84. The maximum absolute atomic E-state index is 14.2. The number of nitrogens with one attached hydrogen (secondary N) is 1. The van der Waals surface area contributed by atoms with E-state index < -0.39 is 24.0 Å². The minimum Gasteiger partial charge on any atom is -0.326 e. The van der Waals surface area contributed by atoms with Gasteiger partial charge in [-0.2, -0.15) is 5.10 Å². The number of aromatic nitrogens is 3. The van der Waals surface area contributed by atoms with Crippen LogP contribution in [0.3, 0.4) is 0 Å². The first-order chi connectivity index (χ1) is 15.2. The number of ketones is 1. The molecule has 1 aromatic carbocycles. The van der Waals surface area contributed by atoms with Gasteiger partial charge in [0.25, 0.3) is 0 Å². The first kappa shape index (κ1) is 21.9. The fourth-order valence-electron chi connectivity index (χ4n) is 3.89. The van der Waals surface area contributed by atoms with Gasteiger partial charge in [0, 0.05) is 18.7 Å². The smallest absolute Gasteiger partial charge is 0.248 e. The number of nitrogens with zero attached hydrogens (tertiary/aromatic N) is 4. The molecular weight excluding hydrogens is 437 g/mol. The van der Waals surface area contributed by atoms with E-state index in [0.717, 1.165) is 5.56 Å². The summed E-state index contributed by atoms with van der Waals surface area (Å²) in [4.78, 5) is 43.0. The molecule has 10 heteroatoms. The molecular formula is C22H21ClFN5O3. The maximum Gasteiger partial charge on any atom is 0.248 e. The van der Waals surface area contributed by atoms with Crippen molar-refractivity contribution in [1.82, 2.24) is 19.7 Å². The number of likely N-dealkylation sites (tertiary alicyclic amines) is 1. The van der Waals surface area contributed by atoms with Crippen molar-refractivity contribution in [3.63, 3.8) is 0 Å². The van der Waals surface area contributed by atoms with E-state index in [1.54, 1.807) is 24.3 Å². The molecule has 1 aliphatic rings. The summed E-state index contributed by atoms with van der Waals surface area (Å²) in [5.41, 5.74) is 1.84. The summed E-state index contributed by atoms with van der Waals surface area (Å²) in [5.74, 6) is -1.01. The number of hydrogen-bond acceptors (Lipinski definition) is 5. The predicted octanol–water partition coefficient (Wildman–Crippen LogP) is 3.17. The van der Waals surface area contributed by atoms with Crippen LogP contribution in [0.5, 0.6) is 0 Å². The van der Waals surface area contributed by atoms with E-state index >= 15 is 0 Å². The van der Waals surface area contributed by atoms with E-state index in [0.29, 0.717) is 10.9 Å². The molecule has 3 heterocycles. The minimum atomic E-state index is -1.33. The largest absolute Gasteiger partial charge is 0.326 e. The first-order valence-corrected chi connectivity index (χ1v) is 10.5. The zero-order chi connectivity index (χ0) is 23.0. The van der Waals surface area contributed by atoms with Gasteiger partial charge in [-0.25, -0.2) is 9.37 Å². The lowest BCUT2D eigenvalue weighted by atomic mass is 10.1. The number of anilines is 1. The van der Waals surface area contributed by atoms with Gasteiger partial charge in [-0.3, -0.25) is 19.1 Å². The van der Waals surface area contributed by atoms with Crippen LogP contribution in [0, 0.1) is 6.92 Å². The molecule has 0 bridgehead atoms. The average molecular weight is 458 g/mol. The number of Topliss-reactive ketones (excluding diaryl/α,β-unsaturated/α-hetero) is 1. The average Bonchev–Trinajstić information content (AvgIpc) is 3.28. The Morgan fingerprint density at radius 3 is 2.75 bits per heavy atom. The number of amides is 2. The van der Waals surface area contributed by atoms with E-state index in [4.69, 9.17) is 11.6 Å². The Morgan fingerprint density at radius 2 is 2.03 bits per heavy atom. The summed E-state index contributed by atoms with van der Waals surface area (Å²) in [6.45, 7) is 2.89. The molecule has 1 aliphatic heterocycles. The van der Waals surface area contributed by atoms with E-state index in [9.17, 15) is 18.8 Å². The minimum absolute atomic E-state index is 0.115.